The maximum atomic E-state index is 13.0. The number of halogens is 1. The Balaban J connectivity index is 1.52. The number of amides is 1. The van der Waals surface area contributed by atoms with Gasteiger partial charge in [0.25, 0.3) is 5.91 Å². The summed E-state index contributed by atoms with van der Waals surface area (Å²) in [7, 11) is 0. The number of benzene rings is 1. The highest BCUT2D eigenvalue weighted by Gasteiger charge is 2.39. The van der Waals surface area contributed by atoms with Crippen LogP contribution in [0.1, 0.15) is 107 Å². The minimum absolute atomic E-state index is 0.00596. The van der Waals surface area contributed by atoms with Gasteiger partial charge in [0.15, 0.2) is 0 Å². The maximum Gasteiger partial charge on any atom is 0.252 e. The molecule has 1 N–H and O–H groups in total. The van der Waals surface area contributed by atoms with Gasteiger partial charge in [0, 0.05) is 6.54 Å². The Morgan fingerprint density at radius 2 is 1.72 bits per heavy atom. The van der Waals surface area contributed by atoms with Gasteiger partial charge in [0.05, 0.1) is 10.6 Å². The van der Waals surface area contributed by atoms with Gasteiger partial charge in [-0.3, -0.25) is 4.79 Å². The highest BCUT2D eigenvalue weighted by atomic mass is 35.5. The molecule has 2 fully saturated rings. The highest BCUT2D eigenvalue weighted by molar-refractivity contribution is 6.33. The van der Waals surface area contributed by atoms with Crippen molar-refractivity contribution in [2.24, 2.45) is 11.3 Å². The van der Waals surface area contributed by atoms with E-state index in [0.717, 1.165) is 31.8 Å². The van der Waals surface area contributed by atoms with Gasteiger partial charge in [-0.25, -0.2) is 0 Å². The molecule has 0 spiro atoms. The quantitative estimate of drug-likeness (QED) is 0.335. The highest BCUT2D eigenvalue weighted by Crippen LogP contribution is 2.48. The number of fused-ring (bicyclic) bond motifs is 2. The summed E-state index contributed by atoms with van der Waals surface area (Å²) >= 11 is 6.45. The summed E-state index contributed by atoms with van der Waals surface area (Å²) in [4.78, 5) is 15.6. The number of hydrogen-bond donors (Lipinski definition) is 1. The fourth-order valence-electron chi connectivity index (χ4n) is 5.94. The van der Waals surface area contributed by atoms with E-state index in [1.807, 2.05) is 12.1 Å². The minimum atomic E-state index is 0.00596. The second kappa shape index (κ2) is 13.0. The molecule has 2 aliphatic carbocycles. The first kappa shape index (κ1) is 25.6. The molecule has 0 atom stereocenters. The molecule has 2 bridgehead atoms. The van der Waals surface area contributed by atoms with Crippen molar-refractivity contribution in [3.8, 4) is 0 Å². The molecule has 180 valence electrons. The second-order valence-corrected chi connectivity index (χ2v) is 10.9. The van der Waals surface area contributed by atoms with Crippen LogP contribution in [0.4, 0.5) is 0 Å². The number of nitrogens with one attached hydrogen (secondary N) is 1. The van der Waals surface area contributed by atoms with Gasteiger partial charge < -0.3 is 10.2 Å². The van der Waals surface area contributed by atoms with Crippen molar-refractivity contribution in [2.75, 3.05) is 26.2 Å². The average molecular weight is 461 g/mol. The van der Waals surface area contributed by atoms with Crippen LogP contribution in [0, 0.1) is 11.3 Å². The summed E-state index contributed by atoms with van der Waals surface area (Å²) in [5.74, 6) is 0.891. The smallest absolute Gasteiger partial charge is 0.252 e. The van der Waals surface area contributed by atoms with Crippen molar-refractivity contribution in [3.05, 3.63) is 34.3 Å². The van der Waals surface area contributed by atoms with Crippen molar-refractivity contribution in [1.82, 2.24) is 10.2 Å². The molecule has 3 nitrogen and oxygen atoms in total. The van der Waals surface area contributed by atoms with E-state index in [4.69, 9.17) is 11.6 Å². The van der Waals surface area contributed by atoms with E-state index in [0.29, 0.717) is 16.0 Å². The molecular formula is C28H45ClN2O. The zero-order valence-electron chi connectivity index (χ0n) is 20.6. The van der Waals surface area contributed by atoms with Gasteiger partial charge in [-0.05, 0) is 93.6 Å². The Labute approximate surface area is 201 Å². The lowest BCUT2D eigenvalue weighted by Crippen LogP contribution is -2.43. The lowest BCUT2D eigenvalue weighted by atomic mass is 9.62. The zero-order chi connectivity index (χ0) is 22.8. The first-order valence-electron chi connectivity index (χ1n) is 13.3. The van der Waals surface area contributed by atoms with Crippen LogP contribution in [0.5, 0.6) is 0 Å². The Morgan fingerprint density at radius 3 is 2.38 bits per heavy atom. The molecule has 1 aromatic carbocycles. The molecule has 1 aromatic rings. The normalized spacial score (nSPS) is 22.8. The van der Waals surface area contributed by atoms with Crippen LogP contribution in [-0.4, -0.2) is 37.0 Å². The first-order chi connectivity index (χ1) is 15.5. The summed E-state index contributed by atoms with van der Waals surface area (Å²) in [5, 5.41) is 3.84. The van der Waals surface area contributed by atoms with Gasteiger partial charge >= 0.3 is 0 Å². The number of carbonyl (C=O) groups is 1. The van der Waals surface area contributed by atoms with Gasteiger partial charge in [-0.2, -0.15) is 0 Å². The van der Waals surface area contributed by atoms with Gasteiger partial charge in [0.2, 0.25) is 0 Å². The summed E-state index contributed by atoms with van der Waals surface area (Å²) in [6, 6.07) is 6.03. The van der Waals surface area contributed by atoms with Crippen LogP contribution in [-0.2, 0) is 6.42 Å². The monoisotopic (exact) mass is 460 g/mol. The lowest BCUT2D eigenvalue weighted by molar-refractivity contribution is 0.0681. The van der Waals surface area contributed by atoms with Crippen molar-refractivity contribution in [3.63, 3.8) is 0 Å². The molecular weight excluding hydrogens is 416 g/mol. The minimum Gasteiger partial charge on any atom is -0.351 e. The third-order valence-electron chi connectivity index (χ3n) is 7.86. The van der Waals surface area contributed by atoms with Crippen molar-refractivity contribution in [2.45, 2.75) is 97.3 Å². The molecule has 0 aromatic heterocycles. The molecule has 0 aliphatic heterocycles. The summed E-state index contributed by atoms with van der Waals surface area (Å²) < 4.78 is 0. The van der Waals surface area contributed by atoms with Gasteiger partial charge in [0.1, 0.15) is 0 Å². The standard InChI is InChI=1S/C28H45ClN2O/c1-3-5-17-31(18-6-4-2)19-9-12-23-13-14-26(29)25(20-23)27(32)30-22-28-15-7-10-24(21-28)11-8-16-28/h13-14,20,24H,3-12,15-19,21-22H2,1-2H3,(H,30,32). The Hall–Kier alpha value is -1.06. The van der Waals surface area contributed by atoms with Gasteiger partial charge in [-0.15, -0.1) is 0 Å². The number of rotatable bonds is 13. The van der Waals surface area contributed by atoms with E-state index in [1.54, 1.807) is 0 Å². The molecule has 32 heavy (non-hydrogen) atoms. The topological polar surface area (TPSA) is 32.3 Å². The van der Waals surface area contributed by atoms with E-state index in [-0.39, 0.29) is 5.91 Å². The number of nitrogens with zero attached hydrogens (tertiary/aromatic N) is 1. The number of aryl methyl sites for hydroxylation is 1. The van der Waals surface area contributed by atoms with Crippen LogP contribution in [0.2, 0.25) is 5.02 Å². The molecule has 0 heterocycles. The molecule has 2 saturated carbocycles. The van der Waals surface area contributed by atoms with Crippen LogP contribution >= 0.6 is 11.6 Å². The molecule has 3 rings (SSSR count). The summed E-state index contributed by atoms with van der Waals surface area (Å²) in [5.41, 5.74) is 2.21. The van der Waals surface area contributed by atoms with Gasteiger partial charge in [-0.1, -0.05) is 70.0 Å². The SMILES string of the molecule is CCCCN(CCCC)CCCc1ccc(Cl)c(C(=O)NCC23CCCC(CCC2)C3)c1. The fourth-order valence-corrected chi connectivity index (χ4v) is 6.14. The summed E-state index contributed by atoms with van der Waals surface area (Å²) in [6.45, 7) is 8.87. The Kier molecular flexibility index (Phi) is 10.4. The zero-order valence-corrected chi connectivity index (χ0v) is 21.3. The second-order valence-electron chi connectivity index (χ2n) is 10.5. The molecule has 1 amide bonds. The fraction of sp³-hybridized carbons (Fsp3) is 0.750. The van der Waals surface area contributed by atoms with Crippen molar-refractivity contribution < 1.29 is 4.79 Å². The van der Waals surface area contributed by atoms with Crippen LogP contribution in [0.3, 0.4) is 0 Å². The average Bonchev–Trinajstić information content (AvgIpc) is 2.80. The Bertz CT molecular complexity index is 701. The predicted octanol–water partition coefficient (Wildman–Crippen LogP) is 7.27. The van der Waals surface area contributed by atoms with E-state index in [2.05, 4.69) is 30.1 Å². The van der Waals surface area contributed by atoms with E-state index in [9.17, 15) is 4.79 Å². The van der Waals surface area contributed by atoms with Crippen LogP contribution < -0.4 is 5.32 Å². The van der Waals surface area contributed by atoms with E-state index in [1.165, 1.54) is 89.3 Å². The Morgan fingerprint density at radius 1 is 1.06 bits per heavy atom. The van der Waals surface area contributed by atoms with E-state index >= 15 is 0 Å². The van der Waals surface area contributed by atoms with Crippen LogP contribution in [0.25, 0.3) is 0 Å². The lowest BCUT2D eigenvalue weighted by Gasteiger charge is -2.45. The molecule has 4 heteroatoms. The summed E-state index contributed by atoms with van der Waals surface area (Å²) in [6.07, 6.45) is 16.4. The van der Waals surface area contributed by atoms with Crippen LogP contribution in [0.15, 0.2) is 18.2 Å². The molecule has 0 unspecified atom stereocenters. The number of hydrogen-bond acceptors (Lipinski definition) is 2. The molecule has 2 aliphatic rings. The van der Waals surface area contributed by atoms with Crippen molar-refractivity contribution >= 4 is 17.5 Å². The third kappa shape index (κ3) is 7.48. The predicted molar refractivity (Wildman–Crippen MR) is 137 cm³/mol. The molecule has 0 saturated heterocycles. The number of unbranched alkanes of at least 4 members (excludes halogenated alkanes) is 2. The van der Waals surface area contributed by atoms with E-state index < -0.39 is 0 Å². The molecule has 0 radical (unpaired) electrons. The largest absolute Gasteiger partial charge is 0.351 e. The third-order valence-corrected chi connectivity index (χ3v) is 8.19. The first-order valence-corrected chi connectivity index (χ1v) is 13.7. The number of carbonyl (C=O) groups excluding carboxylic acids is 1. The van der Waals surface area contributed by atoms with Crippen molar-refractivity contribution in [1.29, 1.82) is 0 Å². The maximum absolute atomic E-state index is 13.0.